The molecule has 1 aliphatic rings. The molecule has 2 aromatic rings. The van der Waals surface area contributed by atoms with E-state index in [1.54, 1.807) is 0 Å². The summed E-state index contributed by atoms with van der Waals surface area (Å²) in [5.41, 5.74) is 4.93. The zero-order valence-electron chi connectivity index (χ0n) is 14.3. The molecule has 1 N–H and O–H groups in total. The summed E-state index contributed by atoms with van der Waals surface area (Å²) in [5, 5.41) is 9.26. The molecule has 0 aliphatic carbocycles. The van der Waals surface area contributed by atoms with Crippen LogP contribution in [-0.4, -0.2) is 42.2 Å². The van der Waals surface area contributed by atoms with E-state index < -0.39 is 5.97 Å². The second kappa shape index (κ2) is 7.05. The average molecular weight is 324 g/mol. The van der Waals surface area contributed by atoms with Gasteiger partial charge in [-0.3, -0.25) is 4.90 Å². The SMILES string of the molecule is Cc1ccc(CN2CCN(c3ccccc3C)CC2)cc1C(=O)O. The van der Waals surface area contributed by atoms with Crippen molar-refractivity contribution in [1.82, 2.24) is 4.90 Å². The average Bonchev–Trinajstić information content (AvgIpc) is 2.58. The van der Waals surface area contributed by atoms with Crippen LogP contribution in [0.25, 0.3) is 0 Å². The van der Waals surface area contributed by atoms with E-state index in [9.17, 15) is 9.90 Å². The van der Waals surface area contributed by atoms with Crippen molar-refractivity contribution >= 4 is 11.7 Å². The summed E-state index contributed by atoms with van der Waals surface area (Å²) >= 11 is 0. The maximum Gasteiger partial charge on any atom is 0.335 e. The zero-order chi connectivity index (χ0) is 17.1. The highest BCUT2D eigenvalue weighted by Crippen LogP contribution is 2.21. The number of carbonyl (C=O) groups is 1. The number of hydrogen-bond donors (Lipinski definition) is 1. The van der Waals surface area contributed by atoms with Crippen LogP contribution in [0, 0.1) is 13.8 Å². The molecule has 1 saturated heterocycles. The molecular weight excluding hydrogens is 300 g/mol. The molecule has 4 heteroatoms. The van der Waals surface area contributed by atoms with Gasteiger partial charge in [-0.15, -0.1) is 0 Å². The lowest BCUT2D eigenvalue weighted by Crippen LogP contribution is -2.46. The van der Waals surface area contributed by atoms with Crippen molar-refractivity contribution < 1.29 is 9.90 Å². The molecule has 0 atom stereocenters. The van der Waals surface area contributed by atoms with Crippen LogP contribution in [0.2, 0.25) is 0 Å². The molecule has 0 bridgehead atoms. The summed E-state index contributed by atoms with van der Waals surface area (Å²) in [7, 11) is 0. The summed E-state index contributed by atoms with van der Waals surface area (Å²) < 4.78 is 0. The van der Waals surface area contributed by atoms with Gasteiger partial charge in [-0.25, -0.2) is 4.79 Å². The largest absolute Gasteiger partial charge is 0.478 e. The van der Waals surface area contributed by atoms with Gasteiger partial charge in [0, 0.05) is 38.4 Å². The van der Waals surface area contributed by atoms with E-state index in [0.29, 0.717) is 5.56 Å². The molecule has 0 amide bonds. The minimum Gasteiger partial charge on any atom is -0.478 e. The Morgan fingerprint density at radius 2 is 1.71 bits per heavy atom. The summed E-state index contributed by atoms with van der Waals surface area (Å²) in [6.45, 7) is 8.79. The van der Waals surface area contributed by atoms with Gasteiger partial charge in [-0.05, 0) is 42.7 Å². The number of carboxylic acids is 1. The third-order valence-corrected chi connectivity index (χ3v) is 4.77. The lowest BCUT2D eigenvalue weighted by atomic mass is 10.0. The number of piperazine rings is 1. The van der Waals surface area contributed by atoms with E-state index in [-0.39, 0.29) is 0 Å². The van der Waals surface area contributed by atoms with Crippen molar-refractivity contribution in [3.8, 4) is 0 Å². The molecule has 1 heterocycles. The van der Waals surface area contributed by atoms with Gasteiger partial charge >= 0.3 is 5.97 Å². The number of hydrogen-bond acceptors (Lipinski definition) is 3. The standard InChI is InChI=1S/C20H24N2O2/c1-15-7-8-17(13-18(15)20(23)24)14-21-9-11-22(12-10-21)19-6-4-3-5-16(19)2/h3-8,13H,9-12,14H2,1-2H3,(H,23,24). The Kier molecular flexibility index (Phi) is 4.86. The molecule has 0 spiro atoms. The van der Waals surface area contributed by atoms with Gasteiger partial charge in [0.25, 0.3) is 0 Å². The molecule has 0 unspecified atom stereocenters. The quantitative estimate of drug-likeness (QED) is 0.937. The number of rotatable bonds is 4. The number of para-hydroxylation sites is 1. The molecule has 2 aromatic carbocycles. The van der Waals surface area contributed by atoms with E-state index in [2.05, 4.69) is 41.0 Å². The number of aromatic carboxylic acids is 1. The van der Waals surface area contributed by atoms with Crippen LogP contribution in [0.4, 0.5) is 5.69 Å². The summed E-state index contributed by atoms with van der Waals surface area (Å²) in [5.74, 6) is -0.848. The fourth-order valence-corrected chi connectivity index (χ4v) is 3.32. The van der Waals surface area contributed by atoms with Crippen molar-refractivity contribution in [3.63, 3.8) is 0 Å². The molecule has 3 rings (SSSR count). The smallest absolute Gasteiger partial charge is 0.335 e. The zero-order valence-corrected chi connectivity index (χ0v) is 14.3. The van der Waals surface area contributed by atoms with E-state index in [1.165, 1.54) is 11.3 Å². The van der Waals surface area contributed by atoms with Crippen LogP contribution in [0.3, 0.4) is 0 Å². The predicted octanol–water partition coefficient (Wildman–Crippen LogP) is 3.32. The molecule has 4 nitrogen and oxygen atoms in total. The summed E-state index contributed by atoms with van der Waals surface area (Å²) in [6, 6.07) is 14.3. The van der Waals surface area contributed by atoms with Gasteiger partial charge in [0.15, 0.2) is 0 Å². The molecule has 1 aliphatic heterocycles. The Morgan fingerprint density at radius 3 is 2.38 bits per heavy atom. The normalized spacial score (nSPS) is 15.5. The first kappa shape index (κ1) is 16.5. The lowest BCUT2D eigenvalue weighted by Gasteiger charge is -2.36. The van der Waals surface area contributed by atoms with Crippen molar-refractivity contribution in [2.24, 2.45) is 0 Å². The number of anilines is 1. The van der Waals surface area contributed by atoms with E-state index in [1.807, 2.05) is 25.1 Å². The molecule has 0 aromatic heterocycles. The van der Waals surface area contributed by atoms with Gasteiger partial charge in [-0.2, -0.15) is 0 Å². The number of benzene rings is 2. The summed E-state index contributed by atoms with van der Waals surface area (Å²) in [6.07, 6.45) is 0. The van der Waals surface area contributed by atoms with Crippen LogP contribution in [0.5, 0.6) is 0 Å². The Labute approximate surface area is 143 Å². The van der Waals surface area contributed by atoms with Gasteiger partial charge in [0.2, 0.25) is 0 Å². The molecular formula is C20H24N2O2. The van der Waals surface area contributed by atoms with Gasteiger partial charge in [0.1, 0.15) is 0 Å². The van der Waals surface area contributed by atoms with Gasteiger partial charge in [0.05, 0.1) is 5.56 Å². The number of carboxylic acid groups (broad SMARTS) is 1. The fourth-order valence-electron chi connectivity index (χ4n) is 3.32. The minimum absolute atomic E-state index is 0.408. The van der Waals surface area contributed by atoms with E-state index >= 15 is 0 Å². The van der Waals surface area contributed by atoms with Crippen LogP contribution in [-0.2, 0) is 6.54 Å². The molecule has 0 radical (unpaired) electrons. The monoisotopic (exact) mass is 324 g/mol. The van der Waals surface area contributed by atoms with Crippen LogP contribution in [0.15, 0.2) is 42.5 Å². The molecule has 126 valence electrons. The number of aryl methyl sites for hydroxylation is 2. The third-order valence-electron chi connectivity index (χ3n) is 4.77. The second-order valence-corrected chi connectivity index (χ2v) is 6.50. The highest BCUT2D eigenvalue weighted by Gasteiger charge is 2.19. The Hall–Kier alpha value is -2.33. The van der Waals surface area contributed by atoms with Crippen molar-refractivity contribution in [1.29, 1.82) is 0 Å². The van der Waals surface area contributed by atoms with Crippen LogP contribution in [0.1, 0.15) is 27.0 Å². The molecule has 1 fully saturated rings. The maximum atomic E-state index is 11.3. The minimum atomic E-state index is -0.848. The van der Waals surface area contributed by atoms with E-state index in [4.69, 9.17) is 0 Å². The Balaban J connectivity index is 1.63. The topological polar surface area (TPSA) is 43.8 Å². The van der Waals surface area contributed by atoms with Gasteiger partial charge in [-0.1, -0.05) is 30.3 Å². The first-order valence-electron chi connectivity index (χ1n) is 8.40. The van der Waals surface area contributed by atoms with Crippen molar-refractivity contribution in [3.05, 3.63) is 64.7 Å². The molecule has 24 heavy (non-hydrogen) atoms. The van der Waals surface area contributed by atoms with Crippen LogP contribution >= 0.6 is 0 Å². The first-order chi connectivity index (χ1) is 11.5. The molecule has 0 saturated carbocycles. The maximum absolute atomic E-state index is 11.3. The van der Waals surface area contributed by atoms with Crippen LogP contribution < -0.4 is 4.90 Å². The Bertz CT molecular complexity index is 734. The highest BCUT2D eigenvalue weighted by molar-refractivity contribution is 5.89. The third kappa shape index (κ3) is 3.60. The lowest BCUT2D eigenvalue weighted by molar-refractivity contribution is 0.0696. The fraction of sp³-hybridized carbons (Fsp3) is 0.350. The van der Waals surface area contributed by atoms with Gasteiger partial charge < -0.3 is 10.0 Å². The second-order valence-electron chi connectivity index (χ2n) is 6.50. The predicted molar refractivity (Wildman–Crippen MR) is 96.8 cm³/mol. The number of nitrogens with zero attached hydrogens (tertiary/aromatic N) is 2. The van der Waals surface area contributed by atoms with Crippen molar-refractivity contribution in [2.75, 3.05) is 31.1 Å². The summed E-state index contributed by atoms with van der Waals surface area (Å²) in [4.78, 5) is 16.1. The van der Waals surface area contributed by atoms with E-state index in [0.717, 1.165) is 43.9 Å². The van der Waals surface area contributed by atoms with Crippen molar-refractivity contribution in [2.45, 2.75) is 20.4 Å². The highest BCUT2D eigenvalue weighted by atomic mass is 16.4. The Morgan fingerprint density at radius 1 is 1.00 bits per heavy atom. The first-order valence-corrected chi connectivity index (χ1v) is 8.40.